The Morgan fingerprint density at radius 3 is 2.54 bits per heavy atom. The van der Waals surface area contributed by atoms with Crippen molar-refractivity contribution >= 4 is 5.91 Å². The second-order valence-electron chi connectivity index (χ2n) is 4.84. The molecule has 1 N–H and O–H groups in total. The SMILES string of the molecule is CC1(C)CCN1C(=O)CC1CNC1. The molecule has 2 heterocycles. The number of carbonyl (C=O) groups excluding carboxylic acids is 1. The number of hydrogen-bond acceptors (Lipinski definition) is 2. The summed E-state index contributed by atoms with van der Waals surface area (Å²) in [5, 5.41) is 3.19. The molecule has 13 heavy (non-hydrogen) atoms. The van der Waals surface area contributed by atoms with Crippen LogP contribution in [0.5, 0.6) is 0 Å². The molecular weight excluding hydrogens is 164 g/mol. The molecule has 0 unspecified atom stereocenters. The lowest BCUT2D eigenvalue weighted by atomic mass is 9.87. The molecular formula is C10H18N2O. The monoisotopic (exact) mass is 182 g/mol. The molecule has 0 radical (unpaired) electrons. The van der Waals surface area contributed by atoms with E-state index in [4.69, 9.17) is 0 Å². The van der Waals surface area contributed by atoms with Crippen LogP contribution < -0.4 is 5.32 Å². The second-order valence-corrected chi connectivity index (χ2v) is 4.84. The topological polar surface area (TPSA) is 32.3 Å². The average Bonchev–Trinajstić information content (AvgIpc) is 1.95. The first kappa shape index (κ1) is 9.00. The molecule has 0 bridgehead atoms. The summed E-state index contributed by atoms with van der Waals surface area (Å²) in [5.41, 5.74) is 0.133. The van der Waals surface area contributed by atoms with E-state index in [-0.39, 0.29) is 5.54 Å². The summed E-state index contributed by atoms with van der Waals surface area (Å²) >= 11 is 0. The van der Waals surface area contributed by atoms with Gasteiger partial charge in [-0.15, -0.1) is 0 Å². The van der Waals surface area contributed by atoms with Gasteiger partial charge >= 0.3 is 0 Å². The maximum Gasteiger partial charge on any atom is 0.223 e. The first-order valence-electron chi connectivity index (χ1n) is 5.11. The van der Waals surface area contributed by atoms with Crippen LogP contribution in [0, 0.1) is 5.92 Å². The molecule has 2 rings (SSSR count). The van der Waals surface area contributed by atoms with Crippen LogP contribution in [0.3, 0.4) is 0 Å². The molecule has 1 amide bonds. The molecule has 3 nitrogen and oxygen atoms in total. The molecule has 0 atom stereocenters. The molecule has 2 aliphatic rings. The Labute approximate surface area is 79.5 Å². The fourth-order valence-electron chi connectivity index (χ4n) is 1.98. The summed E-state index contributed by atoms with van der Waals surface area (Å²) in [7, 11) is 0. The van der Waals surface area contributed by atoms with Crippen molar-refractivity contribution in [3.63, 3.8) is 0 Å². The summed E-state index contributed by atoms with van der Waals surface area (Å²) in [5.74, 6) is 0.951. The lowest BCUT2D eigenvalue weighted by molar-refractivity contribution is -0.146. The zero-order valence-corrected chi connectivity index (χ0v) is 8.47. The highest BCUT2D eigenvalue weighted by molar-refractivity contribution is 5.78. The van der Waals surface area contributed by atoms with E-state index in [0.29, 0.717) is 11.8 Å². The van der Waals surface area contributed by atoms with Gasteiger partial charge in [0.1, 0.15) is 0 Å². The van der Waals surface area contributed by atoms with Gasteiger partial charge in [-0.3, -0.25) is 4.79 Å². The van der Waals surface area contributed by atoms with Crippen LogP contribution in [0.2, 0.25) is 0 Å². The van der Waals surface area contributed by atoms with E-state index in [1.165, 1.54) is 0 Å². The maximum atomic E-state index is 11.7. The van der Waals surface area contributed by atoms with Crippen LogP contribution in [0.25, 0.3) is 0 Å². The van der Waals surface area contributed by atoms with Gasteiger partial charge in [0.2, 0.25) is 5.91 Å². The molecule has 2 saturated heterocycles. The Balaban J connectivity index is 1.83. The van der Waals surface area contributed by atoms with Gasteiger partial charge < -0.3 is 10.2 Å². The van der Waals surface area contributed by atoms with Gasteiger partial charge in [-0.05, 0) is 39.3 Å². The number of nitrogens with zero attached hydrogens (tertiary/aromatic N) is 1. The molecule has 0 aliphatic carbocycles. The van der Waals surface area contributed by atoms with E-state index in [9.17, 15) is 4.79 Å². The number of nitrogens with one attached hydrogen (secondary N) is 1. The minimum atomic E-state index is 0.133. The van der Waals surface area contributed by atoms with E-state index < -0.39 is 0 Å². The van der Waals surface area contributed by atoms with Gasteiger partial charge in [0.05, 0.1) is 0 Å². The fourth-order valence-corrected chi connectivity index (χ4v) is 1.98. The lowest BCUT2D eigenvalue weighted by Gasteiger charge is -2.49. The number of carbonyl (C=O) groups is 1. The highest BCUT2D eigenvalue weighted by atomic mass is 16.2. The predicted octanol–water partition coefficient (Wildman–Crippen LogP) is 0.607. The predicted molar refractivity (Wildman–Crippen MR) is 51.4 cm³/mol. The van der Waals surface area contributed by atoms with E-state index in [1.807, 2.05) is 4.90 Å². The van der Waals surface area contributed by atoms with Crippen LogP contribution in [0.4, 0.5) is 0 Å². The van der Waals surface area contributed by atoms with Crippen molar-refractivity contribution in [3.8, 4) is 0 Å². The third-order valence-corrected chi connectivity index (χ3v) is 3.31. The Hall–Kier alpha value is -0.570. The van der Waals surface area contributed by atoms with Crippen molar-refractivity contribution in [1.82, 2.24) is 10.2 Å². The minimum Gasteiger partial charge on any atom is -0.337 e. The highest BCUT2D eigenvalue weighted by Crippen LogP contribution is 2.30. The quantitative estimate of drug-likeness (QED) is 0.678. The van der Waals surface area contributed by atoms with E-state index in [1.54, 1.807) is 0 Å². The maximum absolute atomic E-state index is 11.7. The first-order chi connectivity index (χ1) is 6.09. The largest absolute Gasteiger partial charge is 0.337 e. The van der Waals surface area contributed by atoms with Gasteiger partial charge in [-0.1, -0.05) is 0 Å². The molecule has 3 heteroatoms. The fraction of sp³-hybridized carbons (Fsp3) is 0.900. The molecule has 0 aromatic heterocycles. The zero-order valence-electron chi connectivity index (χ0n) is 8.47. The van der Waals surface area contributed by atoms with E-state index in [2.05, 4.69) is 19.2 Å². The van der Waals surface area contributed by atoms with Crippen molar-refractivity contribution in [3.05, 3.63) is 0 Å². The van der Waals surface area contributed by atoms with Gasteiger partial charge in [0, 0.05) is 18.5 Å². The third kappa shape index (κ3) is 1.57. The molecule has 0 saturated carbocycles. The molecule has 0 aromatic rings. The summed E-state index contributed by atoms with van der Waals surface area (Å²) in [4.78, 5) is 13.8. The lowest BCUT2D eigenvalue weighted by Crippen LogP contribution is -2.59. The number of likely N-dealkylation sites (tertiary alicyclic amines) is 1. The first-order valence-corrected chi connectivity index (χ1v) is 5.11. The zero-order chi connectivity index (χ0) is 9.47. The molecule has 0 aromatic carbocycles. The van der Waals surface area contributed by atoms with Crippen LogP contribution in [0.1, 0.15) is 26.7 Å². The third-order valence-electron chi connectivity index (χ3n) is 3.31. The molecule has 0 spiro atoms. The normalized spacial score (nSPS) is 26.5. The Morgan fingerprint density at radius 2 is 2.23 bits per heavy atom. The summed E-state index contributed by atoms with van der Waals surface area (Å²) in [6.07, 6.45) is 1.90. The van der Waals surface area contributed by atoms with E-state index in [0.717, 1.165) is 32.5 Å². The van der Waals surface area contributed by atoms with Crippen molar-refractivity contribution in [2.75, 3.05) is 19.6 Å². The van der Waals surface area contributed by atoms with E-state index >= 15 is 0 Å². The van der Waals surface area contributed by atoms with Crippen molar-refractivity contribution in [2.45, 2.75) is 32.2 Å². The van der Waals surface area contributed by atoms with Crippen LogP contribution in [-0.2, 0) is 4.79 Å². The number of rotatable bonds is 2. The summed E-state index contributed by atoms with van der Waals surface area (Å²) < 4.78 is 0. The second kappa shape index (κ2) is 2.98. The van der Waals surface area contributed by atoms with Crippen LogP contribution >= 0.6 is 0 Å². The van der Waals surface area contributed by atoms with Crippen molar-refractivity contribution in [2.24, 2.45) is 5.92 Å². The van der Waals surface area contributed by atoms with Crippen molar-refractivity contribution < 1.29 is 4.79 Å². The smallest absolute Gasteiger partial charge is 0.223 e. The summed E-state index contributed by atoms with van der Waals surface area (Å²) in [6.45, 7) is 7.31. The van der Waals surface area contributed by atoms with Crippen LogP contribution in [0.15, 0.2) is 0 Å². The van der Waals surface area contributed by atoms with Crippen LogP contribution in [-0.4, -0.2) is 36.0 Å². The minimum absolute atomic E-state index is 0.133. The number of amides is 1. The van der Waals surface area contributed by atoms with Gasteiger partial charge in [-0.25, -0.2) is 0 Å². The highest BCUT2D eigenvalue weighted by Gasteiger charge is 2.39. The molecule has 74 valence electrons. The standard InChI is InChI=1S/C10H18N2O/c1-10(2)3-4-12(10)9(13)5-8-6-11-7-8/h8,11H,3-7H2,1-2H3. The van der Waals surface area contributed by atoms with Crippen molar-refractivity contribution in [1.29, 1.82) is 0 Å². The summed E-state index contributed by atoms with van der Waals surface area (Å²) in [6, 6.07) is 0. The molecule has 2 aliphatic heterocycles. The van der Waals surface area contributed by atoms with Gasteiger partial charge in [0.25, 0.3) is 0 Å². The Bertz CT molecular complexity index is 221. The number of hydrogen-bond donors (Lipinski definition) is 1. The Morgan fingerprint density at radius 1 is 1.54 bits per heavy atom. The van der Waals surface area contributed by atoms with Gasteiger partial charge in [0.15, 0.2) is 0 Å². The average molecular weight is 182 g/mol. The molecule has 2 fully saturated rings. The van der Waals surface area contributed by atoms with Gasteiger partial charge in [-0.2, -0.15) is 0 Å². The Kier molecular flexibility index (Phi) is 2.06.